The van der Waals surface area contributed by atoms with Crippen molar-refractivity contribution >= 4 is 17.8 Å². The number of piperidine rings is 1. The largest absolute Gasteiger partial charge is 0.361 e. The van der Waals surface area contributed by atoms with Crippen LogP contribution in [0.2, 0.25) is 0 Å². The lowest BCUT2D eigenvalue weighted by Gasteiger charge is -2.35. The topological polar surface area (TPSA) is 99.0 Å². The zero-order valence-corrected chi connectivity index (χ0v) is 16.3. The number of aryl methyl sites for hydroxylation is 2. The number of hydrogen-bond donors (Lipinski definition) is 1. The Kier molecular flexibility index (Phi) is 5.38. The van der Waals surface area contributed by atoms with Crippen molar-refractivity contribution in [3.63, 3.8) is 0 Å². The van der Waals surface area contributed by atoms with Crippen LogP contribution in [0.25, 0.3) is 0 Å². The van der Waals surface area contributed by atoms with E-state index in [9.17, 15) is 14.4 Å². The molecule has 148 valence electrons. The minimum atomic E-state index is -0.308. The van der Waals surface area contributed by atoms with Crippen LogP contribution in [0.4, 0.5) is 4.79 Å². The number of carbonyl (C=O) groups excluding carboxylic acids is 3. The van der Waals surface area contributed by atoms with E-state index < -0.39 is 0 Å². The average Bonchev–Trinajstić information content (AvgIpc) is 2.81. The molecule has 0 unspecified atom stereocenters. The summed E-state index contributed by atoms with van der Waals surface area (Å²) in [5, 5.41) is 6.57. The van der Waals surface area contributed by atoms with Gasteiger partial charge >= 0.3 is 6.03 Å². The van der Waals surface area contributed by atoms with Crippen LogP contribution < -0.4 is 5.32 Å². The van der Waals surface area contributed by atoms with Gasteiger partial charge in [0, 0.05) is 38.8 Å². The van der Waals surface area contributed by atoms with E-state index in [2.05, 4.69) is 10.5 Å². The Balaban J connectivity index is 1.69. The Morgan fingerprint density at radius 1 is 1.26 bits per heavy atom. The van der Waals surface area contributed by atoms with Gasteiger partial charge in [-0.25, -0.2) is 4.79 Å². The average molecular weight is 377 g/mol. The first-order valence-electron chi connectivity index (χ1n) is 9.23. The fraction of sp³-hybridized carbons (Fsp3) is 0.667. The first-order chi connectivity index (χ1) is 12.8. The molecule has 0 aromatic carbocycles. The minimum absolute atomic E-state index is 0.0292. The zero-order chi connectivity index (χ0) is 19.7. The number of rotatable bonds is 4. The van der Waals surface area contributed by atoms with E-state index in [-0.39, 0.29) is 36.3 Å². The number of amides is 4. The van der Waals surface area contributed by atoms with E-state index >= 15 is 0 Å². The van der Waals surface area contributed by atoms with E-state index in [1.165, 1.54) is 4.90 Å². The van der Waals surface area contributed by atoms with Crippen LogP contribution >= 0.6 is 0 Å². The van der Waals surface area contributed by atoms with Gasteiger partial charge in [0.15, 0.2) is 0 Å². The quantitative estimate of drug-likeness (QED) is 0.824. The molecular formula is C18H27N5O4. The normalized spacial score (nSPS) is 22.0. The lowest BCUT2D eigenvalue weighted by Crippen LogP contribution is -2.48. The molecule has 3 aliphatic heterocycles. The Morgan fingerprint density at radius 3 is 2.63 bits per heavy atom. The first-order valence-corrected chi connectivity index (χ1v) is 9.23. The molecule has 3 saturated heterocycles. The maximum Gasteiger partial charge on any atom is 0.317 e. The second-order valence-electron chi connectivity index (χ2n) is 7.55. The maximum atomic E-state index is 12.9. The summed E-state index contributed by atoms with van der Waals surface area (Å²) in [6.07, 6.45) is 1.66. The van der Waals surface area contributed by atoms with E-state index in [1.54, 1.807) is 19.0 Å². The fourth-order valence-electron chi connectivity index (χ4n) is 3.77. The summed E-state index contributed by atoms with van der Waals surface area (Å²) in [7, 11) is 3.24. The van der Waals surface area contributed by atoms with Gasteiger partial charge in [0.05, 0.1) is 24.7 Å². The standard InChI is InChI=1S/C18H27N5O4/c1-11-15(12(2)27-20-11)10-23-14-6-5-13(17(23)25)8-22(9-14)16(24)7-19-18(26)21(3)4/h13-14H,5-10H2,1-4H3,(H,19,26)/t13-,14+/m0/s1. The molecule has 3 fully saturated rings. The van der Waals surface area contributed by atoms with Gasteiger partial charge < -0.3 is 24.5 Å². The third-order valence-corrected chi connectivity index (χ3v) is 5.45. The molecule has 9 heteroatoms. The van der Waals surface area contributed by atoms with Crippen molar-refractivity contribution in [2.45, 2.75) is 39.3 Å². The number of urea groups is 1. The smallest absolute Gasteiger partial charge is 0.317 e. The number of nitrogens with one attached hydrogen (secondary N) is 1. The van der Waals surface area contributed by atoms with Gasteiger partial charge in [-0.2, -0.15) is 0 Å². The zero-order valence-electron chi connectivity index (χ0n) is 16.3. The summed E-state index contributed by atoms with van der Waals surface area (Å²) in [4.78, 5) is 42.1. The molecule has 3 aliphatic rings. The molecular weight excluding hydrogens is 350 g/mol. The fourth-order valence-corrected chi connectivity index (χ4v) is 3.77. The number of fused-ring (bicyclic) bond motifs is 4. The van der Waals surface area contributed by atoms with Crippen molar-refractivity contribution in [3.8, 4) is 0 Å². The highest BCUT2D eigenvalue weighted by Gasteiger charge is 2.42. The van der Waals surface area contributed by atoms with Gasteiger partial charge in [-0.3, -0.25) is 9.59 Å². The van der Waals surface area contributed by atoms with Crippen molar-refractivity contribution in [1.29, 1.82) is 0 Å². The van der Waals surface area contributed by atoms with Crippen molar-refractivity contribution in [3.05, 3.63) is 17.0 Å². The first kappa shape index (κ1) is 19.2. The van der Waals surface area contributed by atoms with Gasteiger partial charge in [0.1, 0.15) is 5.76 Å². The number of carbonyl (C=O) groups is 3. The predicted molar refractivity (Wildman–Crippen MR) is 96.7 cm³/mol. The molecule has 2 atom stereocenters. The Morgan fingerprint density at radius 2 is 2.00 bits per heavy atom. The summed E-state index contributed by atoms with van der Waals surface area (Å²) in [6.45, 7) is 5.01. The Bertz CT molecular complexity index is 725. The SMILES string of the molecule is Cc1noc(C)c1CN1C(=O)[C@H]2CC[C@@H]1CN(C(=O)CNC(=O)N(C)C)C2. The summed E-state index contributed by atoms with van der Waals surface area (Å²) < 4.78 is 5.22. The lowest BCUT2D eigenvalue weighted by molar-refractivity contribution is -0.140. The summed E-state index contributed by atoms with van der Waals surface area (Å²) in [6, 6.07) is -0.337. The lowest BCUT2D eigenvalue weighted by atomic mass is 9.93. The van der Waals surface area contributed by atoms with E-state index in [4.69, 9.17) is 4.52 Å². The Hall–Kier alpha value is -2.58. The van der Waals surface area contributed by atoms with Crippen molar-refractivity contribution < 1.29 is 18.9 Å². The molecule has 0 spiro atoms. The summed E-state index contributed by atoms with van der Waals surface area (Å²) in [5.74, 6) is 0.449. The van der Waals surface area contributed by atoms with Gasteiger partial charge in [0.25, 0.3) is 0 Å². The monoisotopic (exact) mass is 377 g/mol. The molecule has 1 N–H and O–H groups in total. The van der Waals surface area contributed by atoms with Crippen molar-refractivity contribution in [2.75, 3.05) is 33.7 Å². The summed E-state index contributed by atoms with van der Waals surface area (Å²) in [5.41, 5.74) is 1.73. The van der Waals surface area contributed by atoms with Gasteiger partial charge in [-0.1, -0.05) is 5.16 Å². The molecule has 27 heavy (non-hydrogen) atoms. The van der Waals surface area contributed by atoms with Gasteiger partial charge in [-0.15, -0.1) is 0 Å². The highest BCUT2D eigenvalue weighted by molar-refractivity contribution is 5.86. The van der Waals surface area contributed by atoms with E-state index in [0.29, 0.717) is 19.6 Å². The van der Waals surface area contributed by atoms with Crippen LogP contribution in [-0.2, 0) is 16.1 Å². The highest BCUT2D eigenvalue weighted by atomic mass is 16.5. The van der Waals surface area contributed by atoms with Crippen LogP contribution in [0.15, 0.2) is 4.52 Å². The van der Waals surface area contributed by atoms with Crippen molar-refractivity contribution in [1.82, 2.24) is 25.2 Å². The third kappa shape index (κ3) is 3.91. The molecule has 2 bridgehead atoms. The number of nitrogens with zero attached hydrogens (tertiary/aromatic N) is 4. The van der Waals surface area contributed by atoms with E-state index in [0.717, 1.165) is 29.9 Å². The molecule has 1 aromatic heterocycles. The van der Waals surface area contributed by atoms with Crippen LogP contribution in [-0.4, -0.2) is 77.5 Å². The second kappa shape index (κ2) is 7.58. The summed E-state index contributed by atoms with van der Waals surface area (Å²) >= 11 is 0. The molecule has 0 aliphatic carbocycles. The van der Waals surface area contributed by atoms with Crippen molar-refractivity contribution in [2.24, 2.45) is 5.92 Å². The van der Waals surface area contributed by atoms with Crippen LogP contribution in [0, 0.1) is 19.8 Å². The Labute approximate surface area is 158 Å². The molecule has 0 saturated carbocycles. The maximum absolute atomic E-state index is 12.9. The van der Waals surface area contributed by atoms with Crippen LogP contribution in [0.1, 0.15) is 29.9 Å². The predicted octanol–water partition coefficient (Wildman–Crippen LogP) is 0.512. The number of aromatic nitrogens is 1. The third-order valence-electron chi connectivity index (χ3n) is 5.45. The number of hydrogen-bond acceptors (Lipinski definition) is 5. The molecule has 4 rings (SSSR count). The van der Waals surface area contributed by atoms with Crippen LogP contribution in [0.3, 0.4) is 0 Å². The molecule has 4 heterocycles. The minimum Gasteiger partial charge on any atom is -0.361 e. The second-order valence-corrected chi connectivity index (χ2v) is 7.55. The van der Waals surface area contributed by atoms with E-state index in [1.807, 2.05) is 18.7 Å². The van der Waals surface area contributed by atoms with Gasteiger partial charge in [0.2, 0.25) is 11.8 Å². The molecule has 4 amide bonds. The molecule has 9 nitrogen and oxygen atoms in total. The van der Waals surface area contributed by atoms with Gasteiger partial charge in [-0.05, 0) is 26.7 Å². The highest BCUT2D eigenvalue weighted by Crippen LogP contribution is 2.31. The molecule has 0 radical (unpaired) electrons. The molecule has 1 aromatic rings. The van der Waals surface area contributed by atoms with Crippen LogP contribution in [0.5, 0.6) is 0 Å².